The molecule has 7 nitrogen and oxygen atoms in total. The fourth-order valence-electron chi connectivity index (χ4n) is 3.92. The summed E-state index contributed by atoms with van der Waals surface area (Å²) in [5.74, 6) is 1.51. The molecule has 0 bridgehead atoms. The molecule has 0 unspecified atom stereocenters. The number of rotatable bonds is 3. The zero-order valence-electron chi connectivity index (χ0n) is 13.3. The van der Waals surface area contributed by atoms with E-state index in [0.29, 0.717) is 11.9 Å². The molecule has 1 aromatic heterocycles. The molecule has 0 radical (unpaired) electrons. The number of fused-ring (bicyclic) bond motifs is 1. The molecule has 2 atom stereocenters. The topological polar surface area (TPSA) is 87.7 Å². The van der Waals surface area contributed by atoms with Crippen molar-refractivity contribution >= 4 is 11.8 Å². The molecular weight excluding hydrogens is 282 g/mol. The smallest absolute Gasteiger partial charge is 0.225 e. The minimum atomic E-state index is 0.0200. The average molecular weight is 307 g/mol. The fourth-order valence-corrected chi connectivity index (χ4v) is 3.92. The largest absolute Gasteiger partial charge is 0.481 e. The number of aromatic nitrogens is 2. The Bertz CT molecular complexity index is 541. The van der Waals surface area contributed by atoms with Crippen LogP contribution in [0.1, 0.15) is 19.3 Å². The summed E-state index contributed by atoms with van der Waals surface area (Å²) in [5, 5.41) is 9.97. The number of likely N-dealkylation sites (N-methyl/N-ethyl adjacent to an activating group) is 1. The number of hydrogen-bond donors (Lipinski definition) is 2. The molecule has 0 aliphatic carbocycles. The van der Waals surface area contributed by atoms with Crippen LogP contribution in [0.3, 0.4) is 0 Å². The zero-order chi connectivity index (χ0) is 15.7. The standard InChI is InChI=1S/C15H25N5O2/c1-19-6-3-4-15(10-21)5-7-20(9-11(15)19)12-8-13(22-2)18-14(16)17-12/h8,11,21H,3-7,9-10H2,1-2H3,(H2,16,17,18)/t11-,15-/m1/s1. The van der Waals surface area contributed by atoms with Gasteiger partial charge in [-0.25, -0.2) is 0 Å². The lowest BCUT2D eigenvalue weighted by molar-refractivity contribution is -0.0277. The van der Waals surface area contributed by atoms with Gasteiger partial charge < -0.3 is 25.4 Å². The molecule has 2 aliphatic rings. The number of methoxy groups -OCH3 is 1. The molecule has 22 heavy (non-hydrogen) atoms. The van der Waals surface area contributed by atoms with Gasteiger partial charge in [-0.3, -0.25) is 0 Å². The lowest BCUT2D eigenvalue weighted by Gasteiger charge is -2.53. The van der Waals surface area contributed by atoms with Crippen LogP contribution < -0.4 is 15.4 Å². The first-order chi connectivity index (χ1) is 10.6. The molecule has 2 fully saturated rings. The molecule has 122 valence electrons. The maximum atomic E-state index is 9.97. The summed E-state index contributed by atoms with van der Waals surface area (Å²) in [6.07, 6.45) is 3.22. The third-order valence-electron chi connectivity index (χ3n) is 5.25. The highest BCUT2D eigenvalue weighted by Gasteiger charge is 2.46. The molecule has 7 heteroatoms. The van der Waals surface area contributed by atoms with Crippen LogP contribution in [0.4, 0.5) is 11.8 Å². The first-order valence-corrected chi connectivity index (χ1v) is 7.82. The van der Waals surface area contributed by atoms with Gasteiger partial charge in [0.25, 0.3) is 0 Å². The van der Waals surface area contributed by atoms with Gasteiger partial charge in [0.1, 0.15) is 5.82 Å². The van der Waals surface area contributed by atoms with E-state index in [4.69, 9.17) is 10.5 Å². The molecule has 2 saturated heterocycles. The van der Waals surface area contributed by atoms with E-state index in [-0.39, 0.29) is 18.0 Å². The lowest BCUT2D eigenvalue weighted by Crippen LogP contribution is -2.61. The number of likely N-dealkylation sites (tertiary alicyclic amines) is 1. The molecular formula is C15H25N5O2. The number of piperidine rings is 2. The van der Waals surface area contributed by atoms with E-state index >= 15 is 0 Å². The molecule has 3 N–H and O–H groups in total. The number of nitrogens with two attached hydrogens (primary N) is 1. The van der Waals surface area contributed by atoms with Gasteiger partial charge in [0.05, 0.1) is 13.7 Å². The molecule has 2 aliphatic heterocycles. The second-order valence-corrected chi connectivity index (χ2v) is 6.44. The van der Waals surface area contributed by atoms with Crippen LogP contribution in [0.2, 0.25) is 0 Å². The van der Waals surface area contributed by atoms with Crippen LogP contribution in [0.5, 0.6) is 5.88 Å². The van der Waals surface area contributed by atoms with Crippen molar-refractivity contribution in [1.29, 1.82) is 0 Å². The Morgan fingerprint density at radius 3 is 2.95 bits per heavy atom. The Morgan fingerprint density at radius 2 is 2.23 bits per heavy atom. The number of ether oxygens (including phenoxy) is 1. The summed E-state index contributed by atoms with van der Waals surface area (Å²) in [6.45, 7) is 3.04. The number of anilines is 2. The molecule has 0 spiro atoms. The second-order valence-electron chi connectivity index (χ2n) is 6.44. The first-order valence-electron chi connectivity index (χ1n) is 7.82. The minimum Gasteiger partial charge on any atom is -0.481 e. The number of hydrogen-bond acceptors (Lipinski definition) is 7. The maximum absolute atomic E-state index is 9.97. The van der Waals surface area contributed by atoms with E-state index in [1.165, 1.54) is 0 Å². The van der Waals surface area contributed by atoms with Gasteiger partial charge in [-0.2, -0.15) is 9.97 Å². The minimum absolute atomic E-state index is 0.0200. The van der Waals surface area contributed by atoms with E-state index < -0.39 is 0 Å². The SMILES string of the molecule is COc1cc(N2CC[C@@]3(CO)CCCN(C)[C@@H]3C2)nc(N)n1. The van der Waals surface area contributed by atoms with Gasteiger partial charge in [-0.1, -0.05) is 0 Å². The van der Waals surface area contributed by atoms with Gasteiger partial charge in [0, 0.05) is 30.6 Å². The maximum Gasteiger partial charge on any atom is 0.225 e. The highest BCUT2D eigenvalue weighted by molar-refractivity contribution is 5.46. The van der Waals surface area contributed by atoms with Gasteiger partial charge in [-0.15, -0.1) is 0 Å². The third-order valence-corrected chi connectivity index (χ3v) is 5.25. The Hall–Kier alpha value is -1.60. The van der Waals surface area contributed by atoms with Crippen molar-refractivity contribution in [3.63, 3.8) is 0 Å². The summed E-state index contributed by atoms with van der Waals surface area (Å²) in [7, 11) is 3.72. The quantitative estimate of drug-likeness (QED) is 0.833. The number of nitrogens with zero attached hydrogens (tertiary/aromatic N) is 4. The summed E-state index contributed by atoms with van der Waals surface area (Å²) in [5.41, 5.74) is 5.79. The lowest BCUT2D eigenvalue weighted by atomic mass is 9.69. The Balaban J connectivity index is 1.85. The third kappa shape index (κ3) is 2.59. The Kier molecular flexibility index (Phi) is 4.10. The van der Waals surface area contributed by atoms with Gasteiger partial charge in [-0.05, 0) is 32.9 Å². The fraction of sp³-hybridized carbons (Fsp3) is 0.733. The Morgan fingerprint density at radius 1 is 1.41 bits per heavy atom. The molecule has 0 aromatic carbocycles. The van der Waals surface area contributed by atoms with Crippen molar-refractivity contribution in [3.8, 4) is 5.88 Å². The average Bonchev–Trinajstić information content (AvgIpc) is 2.54. The predicted molar refractivity (Wildman–Crippen MR) is 85.0 cm³/mol. The first kappa shape index (κ1) is 15.3. The Labute approximate surface area is 131 Å². The van der Waals surface area contributed by atoms with Crippen molar-refractivity contribution in [2.24, 2.45) is 5.41 Å². The number of aliphatic hydroxyl groups excluding tert-OH is 1. The van der Waals surface area contributed by atoms with Crippen molar-refractivity contribution in [2.75, 3.05) is 51.0 Å². The predicted octanol–water partition coefficient (Wildman–Crippen LogP) is 0.350. The number of aliphatic hydroxyl groups is 1. The van der Waals surface area contributed by atoms with E-state index in [0.717, 1.165) is 44.7 Å². The van der Waals surface area contributed by atoms with Gasteiger partial charge >= 0.3 is 0 Å². The van der Waals surface area contributed by atoms with E-state index in [1.54, 1.807) is 7.11 Å². The summed E-state index contributed by atoms with van der Waals surface area (Å²) < 4.78 is 5.19. The summed E-state index contributed by atoms with van der Waals surface area (Å²) >= 11 is 0. The van der Waals surface area contributed by atoms with Gasteiger partial charge in [0.15, 0.2) is 0 Å². The highest BCUT2D eigenvalue weighted by atomic mass is 16.5. The van der Waals surface area contributed by atoms with Crippen molar-refractivity contribution < 1.29 is 9.84 Å². The van der Waals surface area contributed by atoms with Crippen LogP contribution in [-0.4, -0.2) is 66.4 Å². The zero-order valence-corrected chi connectivity index (χ0v) is 13.3. The van der Waals surface area contributed by atoms with Crippen molar-refractivity contribution in [2.45, 2.75) is 25.3 Å². The van der Waals surface area contributed by atoms with E-state index in [2.05, 4.69) is 26.8 Å². The highest BCUT2D eigenvalue weighted by Crippen LogP contribution is 2.42. The van der Waals surface area contributed by atoms with E-state index in [9.17, 15) is 5.11 Å². The van der Waals surface area contributed by atoms with Crippen molar-refractivity contribution in [3.05, 3.63) is 6.07 Å². The van der Waals surface area contributed by atoms with E-state index in [1.807, 2.05) is 6.07 Å². The monoisotopic (exact) mass is 307 g/mol. The summed E-state index contributed by atoms with van der Waals surface area (Å²) in [4.78, 5) is 13.0. The van der Waals surface area contributed by atoms with Crippen LogP contribution in [0.25, 0.3) is 0 Å². The number of nitrogen functional groups attached to an aromatic ring is 1. The molecule has 3 rings (SSSR count). The van der Waals surface area contributed by atoms with Gasteiger partial charge in [0.2, 0.25) is 11.8 Å². The molecule has 0 saturated carbocycles. The molecule has 0 amide bonds. The normalized spacial score (nSPS) is 29.2. The molecule has 1 aromatic rings. The second kappa shape index (κ2) is 5.89. The van der Waals surface area contributed by atoms with Crippen LogP contribution >= 0.6 is 0 Å². The summed E-state index contributed by atoms with van der Waals surface area (Å²) in [6, 6.07) is 2.16. The van der Waals surface area contributed by atoms with Crippen LogP contribution in [0.15, 0.2) is 6.07 Å². The van der Waals surface area contributed by atoms with Crippen molar-refractivity contribution in [1.82, 2.24) is 14.9 Å². The van der Waals surface area contributed by atoms with Crippen LogP contribution in [-0.2, 0) is 0 Å². The van der Waals surface area contributed by atoms with Crippen LogP contribution in [0, 0.1) is 5.41 Å². The molecule has 3 heterocycles.